The molecule has 262 valence electrons. The molecular formula is C40H43FN2O7. The predicted octanol–water partition coefficient (Wildman–Crippen LogP) is 8.98. The second kappa shape index (κ2) is 15.4. The lowest BCUT2D eigenvalue weighted by molar-refractivity contribution is -0.135. The van der Waals surface area contributed by atoms with Gasteiger partial charge in [-0.05, 0) is 101 Å². The molecule has 9 nitrogen and oxygen atoms in total. The minimum absolute atomic E-state index is 0.0103. The average molecular weight is 683 g/mol. The highest BCUT2D eigenvalue weighted by atomic mass is 19.1. The molecule has 0 radical (unpaired) electrons. The number of fused-ring (bicyclic) bond motifs is 1. The molecule has 0 aromatic heterocycles. The van der Waals surface area contributed by atoms with Crippen LogP contribution in [0, 0.1) is 11.7 Å². The molecule has 3 amide bonds. The maximum atomic E-state index is 13.9. The van der Waals surface area contributed by atoms with Gasteiger partial charge in [0.25, 0.3) is 5.91 Å². The summed E-state index contributed by atoms with van der Waals surface area (Å²) in [7, 11) is 0. The summed E-state index contributed by atoms with van der Waals surface area (Å²) in [4.78, 5) is 41.8. The summed E-state index contributed by atoms with van der Waals surface area (Å²) in [5, 5.41) is 10.1. The van der Waals surface area contributed by atoms with Gasteiger partial charge < -0.3 is 19.3 Å². The number of carbonyl (C=O) groups excluding carboxylic acids is 2. The first-order valence-electron chi connectivity index (χ1n) is 16.7. The number of amides is 3. The fourth-order valence-corrected chi connectivity index (χ4v) is 5.60. The molecule has 0 aliphatic carbocycles. The lowest BCUT2D eigenvalue weighted by atomic mass is 9.87. The molecule has 50 heavy (non-hydrogen) atoms. The number of rotatable bonds is 10. The smallest absolute Gasteiger partial charge is 0.414 e. The highest BCUT2D eigenvalue weighted by Gasteiger charge is 2.39. The van der Waals surface area contributed by atoms with Gasteiger partial charge in [0.15, 0.2) is 0 Å². The standard InChI is InChI=1S/C40H43FN2O7/c1-26(2)25-48-39(47)43-24-29-22-35(50-33-16-9-30(10-17-33)40(3,4)5)15-8-28(29)23-36(43)37(44)42(38(45)46)21-20-27-6-13-32(14-7-27)49-34-18-11-31(41)12-19-34/h6-19,22,26,36H,20-21,23-25H2,1-5H3,(H,45,46)/t36-/m0/s1. The van der Waals surface area contributed by atoms with Gasteiger partial charge in [-0.1, -0.05) is 65.0 Å². The van der Waals surface area contributed by atoms with Crippen LogP contribution in [0.25, 0.3) is 0 Å². The quantitative estimate of drug-likeness (QED) is 0.178. The predicted molar refractivity (Wildman–Crippen MR) is 187 cm³/mol. The van der Waals surface area contributed by atoms with Crippen molar-refractivity contribution in [2.45, 2.75) is 65.5 Å². The lowest BCUT2D eigenvalue weighted by Gasteiger charge is -2.37. The molecule has 4 aromatic rings. The van der Waals surface area contributed by atoms with E-state index in [2.05, 4.69) is 20.8 Å². The molecule has 0 saturated carbocycles. The highest BCUT2D eigenvalue weighted by molar-refractivity contribution is 5.96. The Balaban J connectivity index is 1.31. The van der Waals surface area contributed by atoms with Crippen LogP contribution in [-0.4, -0.2) is 52.2 Å². The van der Waals surface area contributed by atoms with E-state index in [4.69, 9.17) is 14.2 Å². The van der Waals surface area contributed by atoms with Crippen LogP contribution < -0.4 is 9.47 Å². The summed E-state index contributed by atoms with van der Waals surface area (Å²) < 4.78 is 30.6. The van der Waals surface area contributed by atoms with Gasteiger partial charge in [0, 0.05) is 13.0 Å². The molecule has 0 saturated heterocycles. The van der Waals surface area contributed by atoms with Crippen LogP contribution >= 0.6 is 0 Å². The van der Waals surface area contributed by atoms with Crippen LogP contribution in [0.1, 0.15) is 56.9 Å². The molecule has 0 fully saturated rings. The van der Waals surface area contributed by atoms with E-state index in [0.29, 0.717) is 23.0 Å². The van der Waals surface area contributed by atoms with Gasteiger partial charge in [0.1, 0.15) is 34.9 Å². The zero-order chi connectivity index (χ0) is 36.0. The fraction of sp³-hybridized carbons (Fsp3) is 0.325. The third kappa shape index (κ3) is 9.19. The second-order valence-corrected chi connectivity index (χ2v) is 13.8. The Morgan fingerprint density at radius 3 is 1.98 bits per heavy atom. The van der Waals surface area contributed by atoms with Crippen molar-refractivity contribution in [3.63, 3.8) is 0 Å². The number of carbonyl (C=O) groups is 3. The van der Waals surface area contributed by atoms with Crippen molar-refractivity contribution >= 4 is 18.1 Å². The van der Waals surface area contributed by atoms with Gasteiger partial charge in [-0.3, -0.25) is 9.69 Å². The first kappa shape index (κ1) is 35.9. The molecule has 1 aliphatic rings. The van der Waals surface area contributed by atoms with Crippen molar-refractivity contribution in [3.05, 3.63) is 119 Å². The summed E-state index contributed by atoms with van der Waals surface area (Å²) in [6, 6.07) is 24.9. The van der Waals surface area contributed by atoms with Crippen molar-refractivity contribution in [2.24, 2.45) is 5.92 Å². The number of nitrogens with zero attached hydrogens (tertiary/aromatic N) is 2. The molecule has 1 heterocycles. The van der Waals surface area contributed by atoms with Crippen molar-refractivity contribution in [3.8, 4) is 23.0 Å². The Morgan fingerprint density at radius 1 is 0.840 bits per heavy atom. The molecule has 4 aromatic carbocycles. The molecule has 1 aliphatic heterocycles. The summed E-state index contributed by atoms with van der Waals surface area (Å²) in [5.41, 5.74) is 3.57. The van der Waals surface area contributed by atoms with Crippen molar-refractivity contribution in [1.29, 1.82) is 0 Å². The van der Waals surface area contributed by atoms with Crippen molar-refractivity contribution in [1.82, 2.24) is 9.80 Å². The highest BCUT2D eigenvalue weighted by Crippen LogP contribution is 2.32. The second-order valence-electron chi connectivity index (χ2n) is 13.8. The maximum Gasteiger partial charge on any atom is 0.414 e. The van der Waals surface area contributed by atoms with E-state index in [0.717, 1.165) is 21.6 Å². The van der Waals surface area contributed by atoms with E-state index >= 15 is 0 Å². The summed E-state index contributed by atoms with van der Waals surface area (Å²) in [6.45, 7) is 10.3. The Labute approximate surface area is 292 Å². The zero-order valence-electron chi connectivity index (χ0n) is 29.0. The summed E-state index contributed by atoms with van der Waals surface area (Å²) in [5.74, 6) is 1.24. The zero-order valence-corrected chi connectivity index (χ0v) is 29.0. The van der Waals surface area contributed by atoms with Gasteiger partial charge in [0.2, 0.25) is 0 Å². The van der Waals surface area contributed by atoms with E-state index < -0.39 is 24.1 Å². The van der Waals surface area contributed by atoms with Crippen molar-refractivity contribution in [2.75, 3.05) is 13.2 Å². The summed E-state index contributed by atoms with van der Waals surface area (Å²) in [6.07, 6.45) is -1.74. The SMILES string of the molecule is CC(C)COC(=O)N1Cc2cc(Oc3ccc(C(C)(C)C)cc3)ccc2C[C@H]1C(=O)N(CCc1ccc(Oc2ccc(F)cc2)cc1)C(=O)O. The van der Waals surface area contributed by atoms with Crippen LogP contribution in [0.3, 0.4) is 0 Å². The van der Waals surface area contributed by atoms with E-state index in [1.165, 1.54) is 34.7 Å². The monoisotopic (exact) mass is 682 g/mol. The molecule has 0 bridgehead atoms. The molecule has 1 atom stereocenters. The van der Waals surface area contributed by atoms with E-state index in [9.17, 15) is 23.9 Å². The van der Waals surface area contributed by atoms with Gasteiger partial charge in [-0.15, -0.1) is 0 Å². The average Bonchev–Trinajstić information content (AvgIpc) is 3.08. The lowest BCUT2D eigenvalue weighted by Crippen LogP contribution is -2.55. The van der Waals surface area contributed by atoms with Gasteiger partial charge in [0.05, 0.1) is 13.2 Å². The Hall–Kier alpha value is -5.38. The topological polar surface area (TPSA) is 106 Å². The molecule has 10 heteroatoms. The number of imide groups is 1. The number of hydrogen-bond acceptors (Lipinski definition) is 6. The molecule has 1 N–H and O–H groups in total. The minimum atomic E-state index is -1.41. The van der Waals surface area contributed by atoms with Crippen LogP contribution in [0.4, 0.5) is 14.0 Å². The van der Waals surface area contributed by atoms with Crippen LogP contribution in [-0.2, 0) is 34.3 Å². The number of carboxylic acid groups (broad SMARTS) is 1. The Kier molecular flexibility index (Phi) is 11.1. The number of benzene rings is 4. The Morgan fingerprint density at radius 2 is 1.40 bits per heavy atom. The maximum absolute atomic E-state index is 13.9. The third-order valence-electron chi connectivity index (χ3n) is 8.42. The third-order valence-corrected chi connectivity index (χ3v) is 8.42. The summed E-state index contributed by atoms with van der Waals surface area (Å²) >= 11 is 0. The van der Waals surface area contributed by atoms with Gasteiger partial charge >= 0.3 is 12.2 Å². The first-order chi connectivity index (χ1) is 23.8. The molecular weight excluding hydrogens is 639 g/mol. The Bertz CT molecular complexity index is 1800. The van der Waals surface area contributed by atoms with Gasteiger partial charge in [-0.25, -0.2) is 18.9 Å². The number of hydrogen-bond donors (Lipinski definition) is 1. The van der Waals surface area contributed by atoms with Crippen LogP contribution in [0.15, 0.2) is 91.0 Å². The number of ether oxygens (including phenoxy) is 3. The molecule has 0 spiro atoms. The minimum Gasteiger partial charge on any atom is -0.465 e. The van der Waals surface area contributed by atoms with Gasteiger partial charge in [-0.2, -0.15) is 0 Å². The normalized spacial score (nSPS) is 14.1. The van der Waals surface area contributed by atoms with Crippen molar-refractivity contribution < 1.29 is 38.1 Å². The fourth-order valence-electron chi connectivity index (χ4n) is 5.60. The molecule has 0 unspecified atom stereocenters. The largest absolute Gasteiger partial charge is 0.465 e. The number of halogens is 1. The van der Waals surface area contributed by atoms with E-state index in [1.54, 1.807) is 24.3 Å². The van der Waals surface area contributed by atoms with Crippen LogP contribution in [0.5, 0.6) is 23.0 Å². The molecule has 5 rings (SSSR count). The van der Waals surface area contributed by atoms with Crippen LogP contribution in [0.2, 0.25) is 0 Å². The van der Waals surface area contributed by atoms with E-state index in [-0.39, 0.29) is 49.7 Å². The van der Waals surface area contributed by atoms with E-state index in [1.807, 2.05) is 56.3 Å². The first-order valence-corrected chi connectivity index (χ1v) is 16.7.